The lowest BCUT2D eigenvalue weighted by Crippen LogP contribution is -2.42. The fourth-order valence-electron chi connectivity index (χ4n) is 2.61. The maximum Gasteiger partial charge on any atom is 0.163 e. The van der Waals surface area contributed by atoms with Gasteiger partial charge in [0.1, 0.15) is 12.4 Å². The van der Waals surface area contributed by atoms with Crippen molar-refractivity contribution >= 4 is 5.78 Å². The lowest BCUT2D eigenvalue weighted by molar-refractivity contribution is 0.101. The Morgan fingerprint density at radius 3 is 2.75 bits per heavy atom. The number of Topliss-reactive ketones (excluding diaryl/α,β-unsaturated/α-hetero) is 1. The van der Waals surface area contributed by atoms with Crippen molar-refractivity contribution in [1.29, 1.82) is 0 Å². The number of benzene rings is 1. The summed E-state index contributed by atoms with van der Waals surface area (Å²) in [7, 11) is 2.15. The van der Waals surface area contributed by atoms with Crippen LogP contribution in [0.4, 0.5) is 0 Å². The van der Waals surface area contributed by atoms with Crippen molar-refractivity contribution < 1.29 is 9.53 Å². The van der Waals surface area contributed by atoms with Gasteiger partial charge in [0.05, 0.1) is 5.56 Å². The van der Waals surface area contributed by atoms with Crippen LogP contribution >= 0.6 is 0 Å². The quantitative estimate of drug-likeness (QED) is 0.806. The molecule has 0 radical (unpaired) electrons. The van der Waals surface area contributed by atoms with Crippen LogP contribution in [0.2, 0.25) is 0 Å². The maximum atomic E-state index is 11.5. The Hall–Kier alpha value is -1.39. The number of carbonyl (C=O) groups excluding carboxylic acids is 1. The van der Waals surface area contributed by atoms with Gasteiger partial charge in [-0.1, -0.05) is 12.1 Å². The average molecular weight is 276 g/mol. The van der Waals surface area contributed by atoms with Crippen molar-refractivity contribution in [3.05, 3.63) is 29.8 Å². The normalized spacial score (nSPS) is 16.4. The van der Waals surface area contributed by atoms with Gasteiger partial charge in [0.15, 0.2) is 5.78 Å². The van der Waals surface area contributed by atoms with E-state index < -0.39 is 0 Å². The predicted octanol–water partition coefficient (Wildman–Crippen LogP) is 1.95. The number of para-hydroxylation sites is 1. The summed E-state index contributed by atoms with van der Waals surface area (Å²) in [4.78, 5) is 13.9. The van der Waals surface area contributed by atoms with E-state index >= 15 is 0 Å². The molecule has 0 unspecified atom stereocenters. The predicted molar refractivity (Wildman–Crippen MR) is 80.5 cm³/mol. The summed E-state index contributed by atoms with van der Waals surface area (Å²) in [5.41, 5.74) is 0.664. The molecule has 1 saturated heterocycles. The van der Waals surface area contributed by atoms with Gasteiger partial charge in [0.2, 0.25) is 0 Å². The molecule has 0 aliphatic carbocycles. The first-order valence-corrected chi connectivity index (χ1v) is 7.32. The molecule has 2 rings (SSSR count). The molecule has 1 fully saturated rings. The molecule has 1 aromatic carbocycles. The second kappa shape index (κ2) is 7.41. The highest BCUT2D eigenvalue weighted by Crippen LogP contribution is 2.18. The molecule has 1 heterocycles. The number of hydrogen-bond donors (Lipinski definition) is 1. The van der Waals surface area contributed by atoms with Gasteiger partial charge in [-0.15, -0.1) is 0 Å². The number of rotatable bonds is 6. The summed E-state index contributed by atoms with van der Waals surface area (Å²) < 4.78 is 5.78. The van der Waals surface area contributed by atoms with E-state index in [1.165, 1.54) is 12.8 Å². The summed E-state index contributed by atoms with van der Waals surface area (Å²) >= 11 is 0. The molecule has 0 bridgehead atoms. The smallest absolute Gasteiger partial charge is 0.163 e. The van der Waals surface area contributed by atoms with Crippen LogP contribution in [0.3, 0.4) is 0 Å². The van der Waals surface area contributed by atoms with Crippen molar-refractivity contribution in [2.75, 3.05) is 33.3 Å². The number of piperidine rings is 1. The third-order valence-electron chi connectivity index (χ3n) is 3.90. The first-order chi connectivity index (χ1) is 9.68. The molecule has 20 heavy (non-hydrogen) atoms. The highest BCUT2D eigenvalue weighted by Gasteiger charge is 2.17. The molecule has 1 aliphatic heterocycles. The van der Waals surface area contributed by atoms with Gasteiger partial charge < -0.3 is 10.1 Å². The standard InChI is InChI=1S/C16H24N2O2/c1-13(19)15-5-3-4-6-16(15)20-12-11-18(2)14-7-9-17-10-8-14/h3-6,14,17H,7-12H2,1-2H3. The molecular weight excluding hydrogens is 252 g/mol. The van der Waals surface area contributed by atoms with Crippen molar-refractivity contribution in [3.63, 3.8) is 0 Å². The molecule has 4 heteroatoms. The Balaban J connectivity index is 1.82. The SMILES string of the molecule is CC(=O)c1ccccc1OCCN(C)C1CCNCC1. The minimum Gasteiger partial charge on any atom is -0.491 e. The van der Waals surface area contributed by atoms with Gasteiger partial charge in [0.25, 0.3) is 0 Å². The Bertz CT molecular complexity index is 442. The van der Waals surface area contributed by atoms with Gasteiger partial charge in [0, 0.05) is 12.6 Å². The van der Waals surface area contributed by atoms with E-state index in [0.29, 0.717) is 24.0 Å². The third-order valence-corrected chi connectivity index (χ3v) is 3.90. The summed E-state index contributed by atoms with van der Waals surface area (Å²) in [6.07, 6.45) is 2.39. The van der Waals surface area contributed by atoms with Crippen LogP contribution in [-0.4, -0.2) is 50.0 Å². The fourth-order valence-corrected chi connectivity index (χ4v) is 2.61. The summed E-state index contributed by atoms with van der Waals surface area (Å²) in [6, 6.07) is 8.08. The molecule has 0 atom stereocenters. The zero-order valence-corrected chi connectivity index (χ0v) is 12.4. The van der Waals surface area contributed by atoms with E-state index in [1.54, 1.807) is 6.92 Å². The number of nitrogens with one attached hydrogen (secondary N) is 1. The van der Waals surface area contributed by atoms with Crippen molar-refractivity contribution in [2.24, 2.45) is 0 Å². The molecule has 1 aliphatic rings. The second-order valence-corrected chi connectivity index (χ2v) is 5.36. The van der Waals surface area contributed by atoms with E-state index in [0.717, 1.165) is 19.6 Å². The average Bonchev–Trinajstić information content (AvgIpc) is 2.48. The van der Waals surface area contributed by atoms with Crippen LogP contribution in [0.1, 0.15) is 30.1 Å². The number of carbonyl (C=O) groups is 1. The zero-order chi connectivity index (χ0) is 14.4. The Morgan fingerprint density at radius 2 is 2.05 bits per heavy atom. The highest BCUT2D eigenvalue weighted by molar-refractivity contribution is 5.96. The number of ether oxygens (including phenoxy) is 1. The van der Waals surface area contributed by atoms with Crippen molar-refractivity contribution in [3.8, 4) is 5.75 Å². The van der Waals surface area contributed by atoms with Crippen LogP contribution in [0.5, 0.6) is 5.75 Å². The number of hydrogen-bond acceptors (Lipinski definition) is 4. The van der Waals surface area contributed by atoms with Crippen LogP contribution < -0.4 is 10.1 Å². The number of ketones is 1. The zero-order valence-electron chi connectivity index (χ0n) is 12.4. The van der Waals surface area contributed by atoms with Crippen LogP contribution in [0.25, 0.3) is 0 Å². The van der Waals surface area contributed by atoms with Gasteiger partial charge >= 0.3 is 0 Å². The second-order valence-electron chi connectivity index (χ2n) is 5.36. The van der Waals surface area contributed by atoms with E-state index in [2.05, 4.69) is 17.3 Å². The third kappa shape index (κ3) is 4.05. The van der Waals surface area contributed by atoms with Crippen LogP contribution in [0, 0.1) is 0 Å². The topological polar surface area (TPSA) is 41.6 Å². The number of likely N-dealkylation sites (N-methyl/N-ethyl adjacent to an activating group) is 1. The largest absolute Gasteiger partial charge is 0.491 e. The molecule has 0 saturated carbocycles. The maximum absolute atomic E-state index is 11.5. The molecule has 1 N–H and O–H groups in total. The van der Waals surface area contributed by atoms with Gasteiger partial charge in [-0.05, 0) is 52.0 Å². The summed E-state index contributed by atoms with van der Waals surface area (Å²) in [6.45, 7) is 5.27. The van der Waals surface area contributed by atoms with Crippen LogP contribution in [-0.2, 0) is 0 Å². The van der Waals surface area contributed by atoms with Gasteiger partial charge in [-0.2, -0.15) is 0 Å². The van der Waals surface area contributed by atoms with Crippen molar-refractivity contribution in [1.82, 2.24) is 10.2 Å². The first-order valence-electron chi connectivity index (χ1n) is 7.32. The van der Waals surface area contributed by atoms with E-state index in [1.807, 2.05) is 24.3 Å². The Kier molecular flexibility index (Phi) is 5.56. The minimum absolute atomic E-state index is 0.0484. The van der Waals surface area contributed by atoms with E-state index in [9.17, 15) is 4.79 Å². The first kappa shape index (κ1) is 15.0. The van der Waals surface area contributed by atoms with E-state index in [-0.39, 0.29) is 5.78 Å². The highest BCUT2D eigenvalue weighted by atomic mass is 16.5. The van der Waals surface area contributed by atoms with E-state index in [4.69, 9.17) is 4.74 Å². The fraction of sp³-hybridized carbons (Fsp3) is 0.562. The molecular formula is C16H24N2O2. The molecule has 0 aromatic heterocycles. The van der Waals surface area contributed by atoms with Crippen molar-refractivity contribution in [2.45, 2.75) is 25.8 Å². The summed E-state index contributed by atoms with van der Waals surface area (Å²) in [5.74, 6) is 0.742. The summed E-state index contributed by atoms with van der Waals surface area (Å²) in [5, 5.41) is 3.38. The monoisotopic (exact) mass is 276 g/mol. The van der Waals surface area contributed by atoms with Gasteiger partial charge in [-0.3, -0.25) is 9.69 Å². The molecule has 1 aromatic rings. The van der Waals surface area contributed by atoms with Gasteiger partial charge in [-0.25, -0.2) is 0 Å². The molecule has 0 amide bonds. The minimum atomic E-state index is 0.0484. The molecule has 110 valence electrons. The Morgan fingerprint density at radius 1 is 1.35 bits per heavy atom. The molecule has 0 spiro atoms. The van der Waals surface area contributed by atoms with Crippen LogP contribution in [0.15, 0.2) is 24.3 Å². The molecule has 4 nitrogen and oxygen atoms in total. The Labute approximate surface area is 121 Å². The lowest BCUT2D eigenvalue weighted by Gasteiger charge is -2.31. The lowest BCUT2D eigenvalue weighted by atomic mass is 10.1. The number of nitrogens with zero attached hydrogens (tertiary/aromatic N) is 1.